The van der Waals surface area contributed by atoms with Gasteiger partial charge in [-0.2, -0.15) is 0 Å². The highest BCUT2D eigenvalue weighted by atomic mass is 14.5. The molecular weight excluding hydrogens is 516 g/mol. The van der Waals surface area contributed by atoms with E-state index in [2.05, 4.69) is 114 Å². The van der Waals surface area contributed by atoms with Crippen LogP contribution in [-0.2, 0) is 31.1 Å². The molecule has 0 N–H and O–H groups in total. The lowest BCUT2D eigenvalue weighted by Gasteiger charge is -2.38. The molecule has 0 heterocycles. The zero-order valence-corrected chi connectivity index (χ0v) is 27.9. The van der Waals surface area contributed by atoms with Gasteiger partial charge in [0.2, 0.25) is 0 Å². The number of hydrogen-bond donors (Lipinski definition) is 0. The smallest absolute Gasteiger partial charge is 0.0654 e. The van der Waals surface area contributed by atoms with Crippen LogP contribution in [-0.4, -0.2) is 0 Å². The molecule has 0 saturated carbocycles. The van der Waals surface area contributed by atoms with Crippen molar-refractivity contribution in [1.82, 2.24) is 0 Å². The zero-order valence-electron chi connectivity index (χ0n) is 27.9. The standard InChI is InChI=1S/C43H54/c1-7-11-15-33-21-23-35(17-13-9-3)39(29-33)43(40-30-34(16-12-8-2)22-24-36(40)18-14-10-4)41-27-31(5)19-25-37(41)38-26-20-32(6)28-42(38)43/h19-30H,7-18H2,1-6H3. The van der Waals surface area contributed by atoms with Crippen molar-refractivity contribution in [2.24, 2.45) is 0 Å². The summed E-state index contributed by atoms with van der Waals surface area (Å²) in [5, 5.41) is 0. The van der Waals surface area contributed by atoms with E-state index in [1.165, 1.54) is 118 Å². The second-order valence-electron chi connectivity index (χ2n) is 13.2. The van der Waals surface area contributed by atoms with Crippen molar-refractivity contribution in [2.75, 3.05) is 0 Å². The van der Waals surface area contributed by atoms with Crippen molar-refractivity contribution in [1.29, 1.82) is 0 Å². The van der Waals surface area contributed by atoms with E-state index in [0.717, 1.165) is 25.7 Å². The van der Waals surface area contributed by atoms with E-state index >= 15 is 0 Å². The molecule has 1 aliphatic rings. The third-order valence-electron chi connectivity index (χ3n) is 9.84. The van der Waals surface area contributed by atoms with Gasteiger partial charge >= 0.3 is 0 Å². The van der Waals surface area contributed by atoms with Gasteiger partial charge in [-0.3, -0.25) is 0 Å². The number of unbranched alkanes of at least 4 members (excludes halogenated alkanes) is 4. The van der Waals surface area contributed by atoms with Crippen LogP contribution in [0.2, 0.25) is 0 Å². The Bertz CT molecular complexity index is 1420. The van der Waals surface area contributed by atoms with E-state index in [1.54, 1.807) is 0 Å². The summed E-state index contributed by atoms with van der Waals surface area (Å²) in [4.78, 5) is 0. The van der Waals surface area contributed by atoms with Crippen LogP contribution in [0.1, 0.15) is 135 Å². The Morgan fingerprint density at radius 2 is 0.814 bits per heavy atom. The number of hydrogen-bond acceptors (Lipinski definition) is 0. The summed E-state index contributed by atoms with van der Waals surface area (Å²) in [6, 6.07) is 29.7. The highest BCUT2D eigenvalue weighted by Crippen LogP contribution is 2.58. The molecule has 0 unspecified atom stereocenters. The van der Waals surface area contributed by atoms with E-state index in [-0.39, 0.29) is 5.41 Å². The molecule has 0 amide bonds. The van der Waals surface area contributed by atoms with Crippen molar-refractivity contribution in [3.63, 3.8) is 0 Å². The summed E-state index contributed by atoms with van der Waals surface area (Å²) in [6.07, 6.45) is 14.3. The summed E-state index contributed by atoms with van der Waals surface area (Å²) < 4.78 is 0. The fourth-order valence-corrected chi connectivity index (χ4v) is 7.47. The highest BCUT2D eigenvalue weighted by molar-refractivity contribution is 5.87. The summed E-state index contributed by atoms with van der Waals surface area (Å²) in [5.74, 6) is 0. The Labute approximate surface area is 263 Å². The van der Waals surface area contributed by atoms with Crippen LogP contribution in [0.4, 0.5) is 0 Å². The molecule has 0 heteroatoms. The first-order chi connectivity index (χ1) is 21.0. The van der Waals surface area contributed by atoms with Crippen molar-refractivity contribution in [3.8, 4) is 11.1 Å². The molecule has 1 aliphatic carbocycles. The van der Waals surface area contributed by atoms with Crippen LogP contribution in [0.15, 0.2) is 72.8 Å². The largest absolute Gasteiger partial charge is 0.0719 e. The predicted octanol–water partition coefficient (Wildman–Crippen LogP) is 12.0. The van der Waals surface area contributed by atoms with Crippen LogP contribution in [0.25, 0.3) is 11.1 Å². The van der Waals surface area contributed by atoms with Crippen LogP contribution in [0.3, 0.4) is 0 Å². The third-order valence-corrected chi connectivity index (χ3v) is 9.84. The molecule has 0 radical (unpaired) electrons. The van der Waals surface area contributed by atoms with E-state index in [9.17, 15) is 0 Å². The van der Waals surface area contributed by atoms with Crippen LogP contribution in [0.5, 0.6) is 0 Å². The summed E-state index contributed by atoms with van der Waals surface area (Å²) in [6.45, 7) is 13.9. The Hall–Kier alpha value is -3.12. The predicted molar refractivity (Wildman–Crippen MR) is 188 cm³/mol. The van der Waals surface area contributed by atoms with Crippen LogP contribution < -0.4 is 0 Å². The van der Waals surface area contributed by atoms with Gasteiger partial charge in [-0.05, 0) is 121 Å². The first-order valence-corrected chi connectivity index (χ1v) is 17.4. The molecule has 0 aromatic heterocycles. The normalized spacial score (nSPS) is 13.3. The first kappa shape index (κ1) is 31.3. The lowest BCUT2D eigenvalue weighted by Crippen LogP contribution is -2.32. The molecule has 0 bridgehead atoms. The molecule has 0 atom stereocenters. The van der Waals surface area contributed by atoms with Crippen LogP contribution in [0, 0.1) is 13.8 Å². The second kappa shape index (κ2) is 14.1. The number of benzene rings is 4. The molecule has 0 spiro atoms. The summed E-state index contributed by atoms with van der Waals surface area (Å²) >= 11 is 0. The molecule has 226 valence electrons. The van der Waals surface area contributed by atoms with Crippen molar-refractivity contribution in [2.45, 2.75) is 124 Å². The van der Waals surface area contributed by atoms with Gasteiger partial charge in [-0.25, -0.2) is 0 Å². The zero-order chi connectivity index (χ0) is 30.4. The number of aryl methyl sites for hydroxylation is 6. The minimum Gasteiger partial charge on any atom is -0.0654 e. The minimum absolute atomic E-state index is 0.320. The Balaban J connectivity index is 1.95. The third kappa shape index (κ3) is 6.13. The van der Waals surface area contributed by atoms with E-state index in [4.69, 9.17) is 0 Å². The Kier molecular flexibility index (Phi) is 10.3. The summed E-state index contributed by atoms with van der Waals surface area (Å²) in [5.41, 5.74) is 17.3. The molecule has 5 rings (SSSR count). The van der Waals surface area contributed by atoms with Gasteiger partial charge in [0.1, 0.15) is 0 Å². The molecule has 0 saturated heterocycles. The van der Waals surface area contributed by atoms with E-state index in [1.807, 2.05) is 0 Å². The first-order valence-electron chi connectivity index (χ1n) is 17.4. The molecule has 4 aromatic rings. The van der Waals surface area contributed by atoms with Crippen molar-refractivity contribution >= 4 is 0 Å². The quantitative estimate of drug-likeness (QED) is 0.125. The van der Waals surface area contributed by atoms with Gasteiger partial charge in [0, 0.05) is 0 Å². The van der Waals surface area contributed by atoms with Gasteiger partial charge < -0.3 is 0 Å². The summed E-state index contributed by atoms with van der Waals surface area (Å²) in [7, 11) is 0. The number of fused-ring (bicyclic) bond motifs is 3. The molecule has 0 aliphatic heterocycles. The Morgan fingerprint density at radius 3 is 1.21 bits per heavy atom. The van der Waals surface area contributed by atoms with E-state index < -0.39 is 0 Å². The van der Waals surface area contributed by atoms with Gasteiger partial charge in [-0.15, -0.1) is 0 Å². The molecule has 4 aromatic carbocycles. The number of rotatable bonds is 14. The molecule has 43 heavy (non-hydrogen) atoms. The topological polar surface area (TPSA) is 0 Å². The Morgan fingerprint density at radius 1 is 0.419 bits per heavy atom. The minimum atomic E-state index is -0.320. The molecule has 0 fully saturated rings. The average Bonchev–Trinajstić information content (AvgIpc) is 3.30. The fraction of sp³-hybridized carbons (Fsp3) is 0.442. The SMILES string of the molecule is CCCCc1ccc(CCCC)c(C2(c3cc(CCCC)ccc3CCCC)c3cc(C)ccc3-c3ccc(C)cc32)c1. The molecular formula is C43H54. The van der Waals surface area contributed by atoms with Gasteiger partial charge in [0.25, 0.3) is 0 Å². The lowest BCUT2D eigenvalue weighted by molar-refractivity contribution is 0.699. The van der Waals surface area contributed by atoms with Crippen molar-refractivity contribution in [3.05, 3.63) is 128 Å². The molecule has 0 nitrogen and oxygen atoms in total. The van der Waals surface area contributed by atoms with Crippen LogP contribution >= 0.6 is 0 Å². The second-order valence-corrected chi connectivity index (χ2v) is 13.2. The maximum absolute atomic E-state index is 2.65. The lowest BCUT2D eigenvalue weighted by atomic mass is 9.63. The monoisotopic (exact) mass is 570 g/mol. The van der Waals surface area contributed by atoms with E-state index in [0.29, 0.717) is 0 Å². The highest BCUT2D eigenvalue weighted by Gasteiger charge is 2.48. The van der Waals surface area contributed by atoms with Crippen molar-refractivity contribution < 1.29 is 0 Å². The van der Waals surface area contributed by atoms with Gasteiger partial charge in [-0.1, -0.05) is 137 Å². The van der Waals surface area contributed by atoms with Gasteiger partial charge in [0.05, 0.1) is 5.41 Å². The average molecular weight is 571 g/mol. The fourth-order valence-electron chi connectivity index (χ4n) is 7.47. The van der Waals surface area contributed by atoms with Gasteiger partial charge in [0.15, 0.2) is 0 Å². The maximum Gasteiger partial charge on any atom is 0.0719 e. The maximum atomic E-state index is 2.65.